The lowest BCUT2D eigenvalue weighted by Gasteiger charge is -2.28. The fourth-order valence-electron chi connectivity index (χ4n) is 4.36. The molecule has 0 spiro atoms. The number of rotatable bonds is 8. The van der Waals surface area contributed by atoms with Gasteiger partial charge >= 0.3 is 5.97 Å². The molecule has 5 nitrogen and oxygen atoms in total. The van der Waals surface area contributed by atoms with Crippen LogP contribution in [-0.4, -0.2) is 33.1 Å². The third-order valence-corrected chi connectivity index (χ3v) is 6.63. The van der Waals surface area contributed by atoms with Gasteiger partial charge in [0.1, 0.15) is 0 Å². The SMILES string of the molecule is Cc1cc(Br)c(CN2CCC[C@@H]2CC(C)C)n(CCc2ccc(C(=O)O)cc2)c1=O. The second-order valence-electron chi connectivity index (χ2n) is 8.73. The number of hydrogen-bond acceptors (Lipinski definition) is 3. The van der Waals surface area contributed by atoms with Crippen LogP contribution in [0.1, 0.15) is 60.3 Å². The second kappa shape index (κ2) is 9.92. The summed E-state index contributed by atoms with van der Waals surface area (Å²) < 4.78 is 2.88. The van der Waals surface area contributed by atoms with E-state index >= 15 is 0 Å². The van der Waals surface area contributed by atoms with Crippen LogP contribution in [0.4, 0.5) is 0 Å². The van der Waals surface area contributed by atoms with Crippen molar-refractivity contribution in [2.45, 2.75) is 65.6 Å². The number of benzene rings is 1. The molecule has 1 fully saturated rings. The topological polar surface area (TPSA) is 62.5 Å². The smallest absolute Gasteiger partial charge is 0.335 e. The molecule has 0 unspecified atom stereocenters. The van der Waals surface area contributed by atoms with E-state index in [0.717, 1.165) is 34.4 Å². The van der Waals surface area contributed by atoms with Crippen molar-refractivity contribution in [3.05, 3.63) is 67.5 Å². The van der Waals surface area contributed by atoms with Gasteiger partial charge in [0.15, 0.2) is 0 Å². The minimum Gasteiger partial charge on any atom is -0.478 e. The summed E-state index contributed by atoms with van der Waals surface area (Å²) >= 11 is 3.71. The van der Waals surface area contributed by atoms with Crippen molar-refractivity contribution >= 4 is 21.9 Å². The molecule has 1 atom stereocenters. The first-order valence-corrected chi connectivity index (χ1v) is 11.5. The van der Waals surface area contributed by atoms with Gasteiger partial charge in [0.2, 0.25) is 0 Å². The van der Waals surface area contributed by atoms with E-state index in [1.54, 1.807) is 12.1 Å². The third kappa shape index (κ3) is 5.41. The predicted octanol–water partition coefficient (Wildman–Crippen LogP) is 4.87. The molecule has 0 bridgehead atoms. The lowest BCUT2D eigenvalue weighted by molar-refractivity contribution is 0.0697. The number of carboxylic acid groups (broad SMARTS) is 1. The van der Waals surface area contributed by atoms with E-state index in [9.17, 15) is 9.59 Å². The number of pyridine rings is 1. The van der Waals surface area contributed by atoms with Crippen molar-refractivity contribution in [3.8, 4) is 0 Å². The number of aromatic nitrogens is 1. The Bertz CT molecular complexity index is 950. The molecule has 30 heavy (non-hydrogen) atoms. The molecule has 1 aromatic heterocycles. The Morgan fingerprint density at radius 2 is 1.97 bits per heavy atom. The number of carbonyl (C=O) groups is 1. The molecule has 2 heterocycles. The van der Waals surface area contributed by atoms with Gasteiger partial charge in [0.25, 0.3) is 5.56 Å². The van der Waals surface area contributed by atoms with Crippen LogP contribution in [-0.2, 0) is 19.5 Å². The highest BCUT2D eigenvalue weighted by Gasteiger charge is 2.27. The quantitative estimate of drug-likeness (QED) is 0.592. The Morgan fingerprint density at radius 1 is 1.27 bits per heavy atom. The van der Waals surface area contributed by atoms with E-state index in [2.05, 4.69) is 34.7 Å². The number of aromatic carboxylic acids is 1. The molecule has 0 saturated carbocycles. The number of hydrogen-bond donors (Lipinski definition) is 1. The van der Waals surface area contributed by atoms with E-state index in [0.29, 0.717) is 24.9 Å². The summed E-state index contributed by atoms with van der Waals surface area (Å²) in [6.07, 6.45) is 4.30. The van der Waals surface area contributed by atoms with Crippen LogP contribution < -0.4 is 5.56 Å². The molecule has 0 aliphatic carbocycles. The van der Waals surface area contributed by atoms with Gasteiger partial charge in [-0.15, -0.1) is 0 Å². The van der Waals surface area contributed by atoms with E-state index in [1.165, 1.54) is 19.3 Å². The summed E-state index contributed by atoms with van der Waals surface area (Å²) in [5, 5.41) is 9.07. The Morgan fingerprint density at radius 3 is 2.60 bits per heavy atom. The molecule has 6 heteroatoms. The van der Waals surface area contributed by atoms with Crippen molar-refractivity contribution in [2.24, 2.45) is 5.92 Å². The van der Waals surface area contributed by atoms with E-state index < -0.39 is 5.97 Å². The molecule has 162 valence electrons. The van der Waals surface area contributed by atoms with E-state index in [1.807, 2.05) is 29.7 Å². The van der Waals surface area contributed by atoms with Crippen LogP contribution in [0.3, 0.4) is 0 Å². The first-order chi connectivity index (χ1) is 14.3. The van der Waals surface area contributed by atoms with Gasteiger partial charge in [-0.3, -0.25) is 9.69 Å². The number of aryl methyl sites for hydroxylation is 2. The number of likely N-dealkylation sites (tertiary alicyclic amines) is 1. The zero-order valence-electron chi connectivity index (χ0n) is 18.0. The molecule has 1 N–H and O–H groups in total. The fourth-order valence-corrected chi connectivity index (χ4v) is 5.04. The van der Waals surface area contributed by atoms with Crippen LogP contribution in [0.2, 0.25) is 0 Å². The Kier molecular flexibility index (Phi) is 7.53. The minimum atomic E-state index is -0.927. The zero-order valence-corrected chi connectivity index (χ0v) is 19.6. The molecule has 2 aromatic rings. The predicted molar refractivity (Wildman–Crippen MR) is 123 cm³/mol. The summed E-state index contributed by atoms with van der Waals surface area (Å²) in [5.74, 6) is -0.266. The number of carboxylic acids is 1. The highest BCUT2D eigenvalue weighted by molar-refractivity contribution is 9.10. The monoisotopic (exact) mass is 474 g/mol. The average Bonchev–Trinajstić information content (AvgIpc) is 3.12. The molecule has 0 amide bonds. The molecule has 0 radical (unpaired) electrons. The van der Waals surface area contributed by atoms with Gasteiger partial charge in [-0.25, -0.2) is 4.79 Å². The molecular formula is C24H31BrN2O3. The molecule has 1 saturated heterocycles. The maximum absolute atomic E-state index is 13.0. The van der Waals surface area contributed by atoms with Gasteiger partial charge in [0, 0.05) is 34.9 Å². The van der Waals surface area contributed by atoms with Gasteiger partial charge in [-0.1, -0.05) is 26.0 Å². The number of halogens is 1. The van der Waals surface area contributed by atoms with Gasteiger partial charge in [-0.05, 0) is 84.8 Å². The van der Waals surface area contributed by atoms with Crippen LogP contribution in [0.25, 0.3) is 0 Å². The molecule has 1 aliphatic heterocycles. The Labute approximate surface area is 186 Å². The van der Waals surface area contributed by atoms with Crippen LogP contribution in [0.5, 0.6) is 0 Å². The minimum absolute atomic E-state index is 0.0509. The van der Waals surface area contributed by atoms with E-state index in [-0.39, 0.29) is 11.1 Å². The lowest BCUT2D eigenvalue weighted by atomic mass is 10.0. The van der Waals surface area contributed by atoms with Crippen molar-refractivity contribution in [2.75, 3.05) is 6.54 Å². The normalized spacial score (nSPS) is 17.0. The second-order valence-corrected chi connectivity index (χ2v) is 9.58. The number of nitrogens with zero attached hydrogens (tertiary/aromatic N) is 2. The van der Waals surface area contributed by atoms with Crippen LogP contribution >= 0.6 is 15.9 Å². The summed E-state index contributed by atoms with van der Waals surface area (Å²) in [5.41, 5.74) is 3.11. The molecular weight excluding hydrogens is 444 g/mol. The van der Waals surface area contributed by atoms with Crippen LogP contribution in [0, 0.1) is 12.8 Å². The average molecular weight is 475 g/mol. The summed E-state index contributed by atoms with van der Waals surface area (Å²) in [7, 11) is 0. The van der Waals surface area contributed by atoms with Crippen molar-refractivity contribution < 1.29 is 9.90 Å². The molecule has 1 aliphatic rings. The molecule has 1 aromatic carbocycles. The Balaban J connectivity index is 1.83. The summed E-state index contributed by atoms with van der Waals surface area (Å²) in [4.78, 5) is 26.6. The highest BCUT2D eigenvalue weighted by Crippen LogP contribution is 2.27. The third-order valence-electron chi connectivity index (χ3n) is 5.95. The first kappa shape index (κ1) is 22.8. The van der Waals surface area contributed by atoms with Crippen molar-refractivity contribution in [1.29, 1.82) is 0 Å². The van der Waals surface area contributed by atoms with Crippen molar-refractivity contribution in [1.82, 2.24) is 9.47 Å². The van der Waals surface area contributed by atoms with Crippen molar-refractivity contribution in [3.63, 3.8) is 0 Å². The van der Waals surface area contributed by atoms with Gasteiger partial charge < -0.3 is 9.67 Å². The Hall–Kier alpha value is -1.92. The van der Waals surface area contributed by atoms with Gasteiger partial charge in [-0.2, -0.15) is 0 Å². The lowest BCUT2D eigenvalue weighted by Crippen LogP contribution is -2.34. The van der Waals surface area contributed by atoms with E-state index in [4.69, 9.17) is 5.11 Å². The fraction of sp³-hybridized carbons (Fsp3) is 0.500. The largest absolute Gasteiger partial charge is 0.478 e. The van der Waals surface area contributed by atoms with Gasteiger partial charge in [0.05, 0.1) is 5.56 Å². The summed E-state index contributed by atoms with van der Waals surface area (Å²) in [6, 6.07) is 9.41. The standard InChI is InChI=1S/C24H31BrN2O3/c1-16(2)13-20-5-4-11-26(20)15-22-21(25)14-17(3)23(28)27(22)12-10-18-6-8-19(9-7-18)24(29)30/h6-9,14,16,20H,4-5,10-13,15H2,1-3H3,(H,29,30)/t20-/m1/s1. The summed E-state index contributed by atoms with van der Waals surface area (Å²) in [6.45, 7) is 8.80. The molecule has 3 rings (SSSR count). The zero-order chi connectivity index (χ0) is 21.8. The maximum Gasteiger partial charge on any atom is 0.335 e. The maximum atomic E-state index is 13.0. The first-order valence-electron chi connectivity index (χ1n) is 10.7. The van der Waals surface area contributed by atoms with Crippen LogP contribution in [0.15, 0.2) is 39.6 Å². The highest BCUT2D eigenvalue weighted by atomic mass is 79.9.